The van der Waals surface area contributed by atoms with Gasteiger partial charge in [0.25, 0.3) is 5.91 Å². The van der Waals surface area contributed by atoms with E-state index in [0.717, 1.165) is 5.56 Å². The molecule has 3 aliphatic rings. The van der Waals surface area contributed by atoms with E-state index in [4.69, 9.17) is 33.2 Å². The fraction of sp³-hybridized carbons (Fsp3) is 0.296. The number of esters is 2. The minimum Gasteiger partial charge on any atom is -0.495 e. The topological polar surface area (TPSA) is 119 Å². The van der Waals surface area contributed by atoms with Crippen molar-refractivity contribution in [2.75, 3.05) is 48.9 Å². The van der Waals surface area contributed by atoms with Crippen LogP contribution in [0.2, 0.25) is 0 Å². The Bertz CT molecular complexity index is 1440. The van der Waals surface area contributed by atoms with Gasteiger partial charge in [0.15, 0.2) is 23.0 Å². The molecule has 0 saturated heterocycles. The van der Waals surface area contributed by atoms with Crippen LogP contribution in [0.25, 0.3) is 11.5 Å². The number of methoxy groups -OCH3 is 5. The number of hydrogen-bond acceptors (Lipinski definition) is 10. The summed E-state index contributed by atoms with van der Waals surface area (Å²) in [6, 6.07) is 6.64. The van der Waals surface area contributed by atoms with E-state index in [1.807, 2.05) is 0 Å². The first kappa shape index (κ1) is 25.0. The monoisotopic (exact) mass is 523 g/mol. The fourth-order valence-corrected chi connectivity index (χ4v) is 5.01. The summed E-state index contributed by atoms with van der Waals surface area (Å²) in [5.74, 6) is -0.881. The summed E-state index contributed by atoms with van der Waals surface area (Å²) in [6.45, 7) is 0.242. The molecule has 2 aromatic rings. The number of carbonyl (C=O) groups excluding carboxylic acids is 3. The van der Waals surface area contributed by atoms with Crippen molar-refractivity contribution in [2.24, 2.45) is 0 Å². The predicted molar refractivity (Wildman–Crippen MR) is 132 cm³/mol. The third-order valence-corrected chi connectivity index (χ3v) is 6.67. The summed E-state index contributed by atoms with van der Waals surface area (Å²) < 4.78 is 38.1. The first-order valence-corrected chi connectivity index (χ1v) is 11.6. The zero-order chi connectivity index (χ0) is 27.1. The lowest BCUT2D eigenvalue weighted by Gasteiger charge is -2.36. The van der Waals surface area contributed by atoms with Gasteiger partial charge in [-0.3, -0.25) is 4.79 Å². The first-order valence-electron chi connectivity index (χ1n) is 11.6. The number of carbonyl (C=O) groups is 3. The molecule has 0 N–H and O–H groups in total. The molecular formula is C27H25NO10. The maximum absolute atomic E-state index is 14.2. The average Bonchev–Trinajstić information content (AvgIpc) is 3.40. The highest BCUT2D eigenvalue weighted by molar-refractivity contribution is 6.20. The Hall–Kier alpha value is -4.67. The molecule has 0 aliphatic carbocycles. The number of nitrogens with zero attached hydrogens (tertiary/aromatic N) is 1. The van der Waals surface area contributed by atoms with Crippen molar-refractivity contribution in [1.29, 1.82) is 0 Å². The Morgan fingerprint density at radius 3 is 2.16 bits per heavy atom. The number of amides is 1. The summed E-state index contributed by atoms with van der Waals surface area (Å²) in [5.41, 5.74) is 1.33. The van der Waals surface area contributed by atoms with Crippen LogP contribution in [0.3, 0.4) is 0 Å². The van der Waals surface area contributed by atoms with Gasteiger partial charge in [0, 0.05) is 12.1 Å². The molecule has 2 aromatic carbocycles. The average molecular weight is 523 g/mol. The molecule has 198 valence electrons. The van der Waals surface area contributed by atoms with E-state index in [9.17, 15) is 14.4 Å². The van der Waals surface area contributed by atoms with Gasteiger partial charge < -0.3 is 38.1 Å². The van der Waals surface area contributed by atoms with Crippen molar-refractivity contribution >= 4 is 29.3 Å². The van der Waals surface area contributed by atoms with Crippen LogP contribution >= 0.6 is 0 Å². The molecule has 3 heterocycles. The Labute approximate surface area is 218 Å². The normalized spacial score (nSPS) is 19.4. The largest absolute Gasteiger partial charge is 0.495 e. The van der Waals surface area contributed by atoms with Crippen LogP contribution in [-0.4, -0.2) is 71.6 Å². The van der Waals surface area contributed by atoms with Crippen LogP contribution in [-0.2, 0) is 30.2 Å². The number of ether oxygens (including phenoxy) is 7. The lowest BCUT2D eigenvalue weighted by atomic mass is 9.86. The molecule has 0 unspecified atom stereocenters. The summed E-state index contributed by atoms with van der Waals surface area (Å²) in [4.78, 5) is 42.6. The van der Waals surface area contributed by atoms with Gasteiger partial charge in [-0.25, -0.2) is 9.59 Å². The standard InChI is InChI=1S/C27H25NO10/c1-32-16-7-6-14-19(23(16)33-2)24(34-3)21(27(31)36-5)20(26(30)35-4)22-15-11-18-17(37-12-38-18)10-13(15)8-9-28(22)25(14)29/h6-7,10-11H,8-9,12H2,1-5H3/b22-20+,24-21-. The molecule has 0 bridgehead atoms. The third-order valence-electron chi connectivity index (χ3n) is 6.67. The summed E-state index contributed by atoms with van der Waals surface area (Å²) in [6.07, 6.45) is 0.451. The van der Waals surface area contributed by atoms with Gasteiger partial charge in [0.2, 0.25) is 6.79 Å². The summed E-state index contributed by atoms with van der Waals surface area (Å²) in [7, 11) is 6.52. The summed E-state index contributed by atoms with van der Waals surface area (Å²) in [5, 5.41) is 0. The predicted octanol–water partition coefficient (Wildman–Crippen LogP) is 2.56. The molecule has 0 spiro atoms. The Morgan fingerprint density at radius 1 is 0.842 bits per heavy atom. The quantitative estimate of drug-likeness (QED) is 0.541. The fourth-order valence-electron chi connectivity index (χ4n) is 5.01. The van der Waals surface area contributed by atoms with Crippen LogP contribution in [0.1, 0.15) is 27.0 Å². The van der Waals surface area contributed by atoms with Gasteiger partial charge in [-0.05, 0) is 36.2 Å². The van der Waals surface area contributed by atoms with Gasteiger partial charge in [0.1, 0.15) is 16.9 Å². The zero-order valence-electron chi connectivity index (χ0n) is 21.5. The van der Waals surface area contributed by atoms with E-state index in [1.54, 1.807) is 24.3 Å². The van der Waals surface area contributed by atoms with Crippen LogP contribution in [0.5, 0.6) is 23.0 Å². The smallest absolute Gasteiger partial charge is 0.342 e. The molecule has 5 rings (SSSR count). The Morgan fingerprint density at radius 2 is 1.53 bits per heavy atom. The first-order chi connectivity index (χ1) is 18.4. The van der Waals surface area contributed by atoms with E-state index in [2.05, 4.69) is 0 Å². The zero-order valence-corrected chi connectivity index (χ0v) is 21.5. The van der Waals surface area contributed by atoms with Crippen LogP contribution < -0.4 is 18.9 Å². The maximum atomic E-state index is 14.2. The molecule has 38 heavy (non-hydrogen) atoms. The van der Waals surface area contributed by atoms with Crippen molar-refractivity contribution in [3.63, 3.8) is 0 Å². The van der Waals surface area contributed by atoms with Crippen molar-refractivity contribution in [1.82, 2.24) is 4.90 Å². The van der Waals surface area contributed by atoms with E-state index in [0.29, 0.717) is 29.2 Å². The lowest BCUT2D eigenvalue weighted by molar-refractivity contribution is -0.139. The molecule has 1 amide bonds. The van der Waals surface area contributed by atoms with E-state index < -0.39 is 17.8 Å². The minimum absolute atomic E-state index is 0.0416. The van der Waals surface area contributed by atoms with Gasteiger partial charge in [-0.2, -0.15) is 0 Å². The Kier molecular flexibility index (Phi) is 6.35. The number of hydrogen-bond donors (Lipinski definition) is 0. The molecule has 0 fully saturated rings. The van der Waals surface area contributed by atoms with E-state index >= 15 is 0 Å². The number of benzene rings is 2. The van der Waals surface area contributed by atoms with Crippen molar-refractivity contribution < 1.29 is 47.5 Å². The maximum Gasteiger partial charge on any atom is 0.342 e. The van der Waals surface area contributed by atoms with Crippen LogP contribution in [0.15, 0.2) is 35.4 Å². The second-order valence-electron chi connectivity index (χ2n) is 8.41. The highest BCUT2D eigenvalue weighted by Crippen LogP contribution is 2.47. The van der Waals surface area contributed by atoms with Crippen molar-refractivity contribution in [3.8, 4) is 23.0 Å². The number of fused-ring (bicyclic) bond motifs is 5. The SMILES string of the molecule is COC(=O)C1=C(\OC)c2c(ccc(OC)c2OC)C(=O)N2CCc3cc4c(cc3\C2=C\1C(=O)OC)OCO4. The highest BCUT2D eigenvalue weighted by atomic mass is 16.7. The molecule has 11 heteroatoms. The van der Waals surface area contributed by atoms with Gasteiger partial charge in [-0.1, -0.05) is 0 Å². The minimum atomic E-state index is -0.882. The molecule has 0 aromatic heterocycles. The van der Waals surface area contributed by atoms with Gasteiger partial charge in [0.05, 0.1) is 52.4 Å². The molecule has 0 atom stereocenters. The van der Waals surface area contributed by atoms with Crippen LogP contribution in [0.4, 0.5) is 0 Å². The molecular weight excluding hydrogens is 498 g/mol. The molecule has 11 nitrogen and oxygen atoms in total. The van der Waals surface area contributed by atoms with E-state index in [1.165, 1.54) is 40.4 Å². The van der Waals surface area contributed by atoms with Crippen molar-refractivity contribution in [2.45, 2.75) is 6.42 Å². The highest BCUT2D eigenvalue weighted by Gasteiger charge is 2.42. The third kappa shape index (κ3) is 3.61. The van der Waals surface area contributed by atoms with Gasteiger partial charge >= 0.3 is 11.9 Å². The molecule has 0 saturated carbocycles. The van der Waals surface area contributed by atoms with Gasteiger partial charge in [-0.15, -0.1) is 0 Å². The number of rotatable bonds is 5. The van der Waals surface area contributed by atoms with Crippen LogP contribution in [0, 0.1) is 0 Å². The second-order valence-corrected chi connectivity index (χ2v) is 8.41. The Balaban J connectivity index is 1.98. The second kappa shape index (κ2) is 9.66. The molecule has 0 radical (unpaired) electrons. The molecule has 3 aliphatic heterocycles. The van der Waals surface area contributed by atoms with E-state index in [-0.39, 0.29) is 52.8 Å². The van der Waals surface area contributed by atoms with Crippen molar-refractivity contribution in [3.05, 3.63) is 57.7 Å². The lowest BCUT2D eigenvalue weighted by Crippen LogP contribution is -2.39. The summed E-state index contributed by atoms with van der Waals surface area (Å²) >= 11 is 0.